The van der Waals surface area contributed by atoms with Gasteiger partial charge in [-0.3, -0.25) is 9.69 Å². The molecule has 1 saturated heterocycles. The smallest absolute Gasteiger partial charge is 0.276 e. The number of aromatic nitrogens is 2. The second-order valence-corrected chi connectivity index (χ2v) is 6.89. The number of hydrogen-bond donors (Lipinski definition) is 1. The van der Waals surface area contributed by atoms with Crippen molar-refractivity contribution in [2.24, 2.45) is 0 Å². The van der Waals surface area contributed by atoms with Crippen molar-refractivity contribution in [1.82, 2.24) is 14.9 Å². The Balaban J connectivity index is 1.68. The number of benzene rings is 1. The maximum Gasteiger partial charge on any atom is 0.276 e. The molecule has 4 rings (SSSR count). The molecule has 0 bridgehead atoms. The zero-order chi connectivity index (χ0) is 17.4. The summed E-state index contributed by atoms with van der Waals surface area (Å²) in [6.07, 6.45) is 6.75. The average molecular weight is 340 g/mol. The first-order valence-electron chi connectivity index (χ1n) is 8.56. The van der Waals surface area contributed by atoms with E-state index in [-0.39, 0.29) is 17.1 Å². The highest BCUT2D eigenvalue weighted by Crippen LogP contribution is 2.47. The third-order valence-electron chi connectivity index (χ3n) is 5.46. The van der Waals surface area contributed by atoms with Gasteiger partial charge in [-0.2, -0.15) is 0 Å². The Bertz CT molecular complexity index is 794. The minimum Gasteiger partial charge on any atom is -0.341 e. The van der Waals surface area contributed by atoms with Crippen LogP contribution in [0.3, 0.4) is 0 Å². The predicted octanol–water partition coefficient (Wildman–Crippen LogP) is 2.73. The van der Waals surface area contributed by atoms with Crippen LogP contribution in [0.25, 0.3) is 0 Å². The Labute approximate surface area is 146 Å². The number of likely N-dealkylation sites (tertiary alicyclic amines) is 1. The minimum absolute atomic E-state index is 0.115. The Morgan fingerprint density at radius 2 is 2.20 bits per heavy atom. The molecular weight excluding hydrogens is 319 g/mol. The van der Waals surface area contributed by atoms with Crippen molar-refractivity contribution >= 4 is 11.6 Å². The molecule has 1 fully saturated rings. The van der Waals surface area contributed by atoms with Crippen LogP contribution in [0.2, 0.25) is 0 Å². The molecule has 0 unspecified atom stereocenters. The number of aromatic amines is 1. The van der Waals surface area contributed by atoms with Crippen LogP contribution in [-0.2, 0) is 5.41 Å². The molecule has 6 heteroatoms. The van der Waals surface area contributed by atoms with Gasteiger partial charge in [0, 0.05) is 24.2 Å². The second kappa shape index (κ2) is 6.11. The van der Waals surface area contributed by atoms with E-state index in [0.717, 1.165) is 43.7 Å². The largest absolute Gasteiger partial charge is 0.341 e. The molecule has 1 spiro atoms. The minimum atomic E-state index is -0.248. The molecule has 130 valence electrons. The van der Waals surface area contributed by atoms with Gasteiger partial charge in [-0.1, -0.05) is 6.08 Å². The van der Waals surface area contributed by atoms with Gasteiger partial charge in [0.05, 0.1) is 12.5 Å². The second-order valence-electron chi connectivity index (χ2n) is 6.89. The molecule has 1 aromatic carbocycles. The summed E-state index contributed by atoms with van der Waals surface area (Å²) in [6.45, 7) is 7.10. The van der Waals surface area contributed by atoms with E-state index in [4.69, 9.17) is 0 Å². The third-order valence-corrected chi connectivity index (χ3v) is 5.46. The Morgan fingerprint density at radius 1 is 1.40 bits per heavy atom. The number of fused-ring (bicyclic) bond motifs is 2. The summed E-state index contributed by atoms with van der Waals surface area (Å²) in [5.41, 5.74) is 2.05. The van der Waals surface area contributed by atoms with Gasteiger partial charge in [-0.25, -0.2) is 9.37 Å². The number of halogens is 1. The monoisotopic (exact) mass is 340 g/mol. The van der Waals surface area contributed by atoms with Crippen LogP contribution in [0.15, 0.2) is 43.4 Å². The number of carbonyl (C=O) groups is 1. The molecule has 2 aliphatic rings. The summed E-state index contributed by atoms with van der Waals surface area (Å²) in [5, 5.41) is 0. The maximum absolute atomic E-state index is 14.0. The molecule has 3 heterocycles. The van der Waals surface area contributed by atoms with Gasteiger partial charge in [-0.05, 0) is 49.7 Å². The molecule has 5 nitrogen and oxygen atoms in total. The highest BCUT2D eigenvalue weighted by atomic mass is 19.1. The van der Waals surface area contributed by atoms with Crippen LogP contribution in [0.4, 0.5) is 10.1 Å². The molecular formula is C19H21FN4O. The summed E-state index contributed by atoms with van der Waals surface area (Å²) in [4.78, 5) is 23.8. The normalized spacial score (nSPS) is 19.2. The van der Waals surface area contributed by atoms with Crippen LogP contribution < -0.4 is 4.90 Å². The predicted molar refractivity (Wildman–Crippen MR) is 94.2 cm³/mol. The molecule has 1 N–H and O–H groups in total. The van der Waals surface area contributed by atoms with Crippen molar-refractivity contribution in [2.45, 2.75) is 18.3 Å². The number of carbonyl (C=O) groups excluding carboxylic acids is 1. The number of H-pyrrole nitrogens is 1. The van der Waals surface area contributed by atoms with E-state index in [2.05, 4.69) is 21.4 Å². The average Bonchev–Trinajstić information content (AvgIpc) is 3.25. The zero-order valence-electron chi connectivity index (χ0n) is 14.0. The molecule has 2 aliphatic heterocycles. The van der Waals surface area contributed by atoms with Crippen molar-refractivity contribution in [2.75, 3.05) is 31.1 Å². The summed E-state index contributed by atoms with van der Waals surface area (Å²) >= 11 is 0. The van der Waals surface area contributed by atoms with Gasteiger partial charge in [-0.15, -0.1) is 6.58 Å². The molecule has 1 amide bonds. The van der Waals surface area contributed by atoms with Crippen molar-refractivity contribution in [3.05, 3.63) is 60.5 Å². The molecule has 0 aliphatic carbocycles. The lowest BCUT2D eigenvalue weighted by Crippen LogP contribution is -2.46. The number of nitrogens with zero attached hydrogens (tertiary/aromatic N) is 3. The van der Waals surface area contributed by atoms with Gasteiger partial charge in [0.25, 0.3) is 5.91 Å². The lowest BCUT2D eigenvalue weighted by atomic mass is 9.74. The lowest BCUT2D eigenvalue weighted by molar-refractivity contribution is 0.0973. The van der Waals surface area contributed by atoms with Gasteiger partial charge in [0.1, 0.15) is 11.5 Å². The van der Waals surface area contributed by atoms with E-state index in [1.807, 2.05) is 6.08 Å². The van der Waals surface area contributed by atoms with Crippen molar-refractivity contribution < 1.29 is 9.18 Å². The summed E-state index contributed by atoms with van der Waals surface area (Å²) in [5.74, 6) is -0.363. The van der Waals surface area contributed by atoms with E-state index in [0.29, 0.717) is 12.2 Å². The Morgan fingerprint density at radius 3 is 2.88 bits per heavy atom. The number of piperidine rings is 1. The first kappa shape index (κ1) is 16.0. The van der Waals surface area contributed by atoms with E-state index in [9.17, 15) is 9.18 Å². The Kier molecular flexibility index (Phi) is 3.92. The van der Waals surface area contributed by atoms with Crippen molar-refractivity contribution in [3.8, 4) is 0 Å². The van der Waals surface area contributed by atoms with Gasteiger partial charge in [0.15, 0.2) is 0 Å². The molecule has 25 heavy (non-hydrogen) atoms. The van der Waals surface area contributed by atoms with Gasteiger partial charge >= 0.3 is 0 Å². The number of imidazole rings is 1. The lowest BCUT2D eigenvalue weighted by Gasteiger charge is -2.39. The van der Waals surface area contributed by atoms with Crippen molar-refractivity contribution in [1.29, 1.82) is 0 Å². The van der Waals surface area contributed by atoms with E-state index >= 15 is 0 Å². The number of amides is 1. The van der Waals surface area contributed by atoms with Gasteiger partial charge in [0.2, 0.25) is 0 Å². The number of rotatable bonds is 3. The van der Waals surface area contributed by atoms with Crippen LogP contribution in [0.5, 0.6) is 0 Å². The highest BCUT2D eigenvalue weighted by molar-refractivity contribution is 6.06. The topological polar surface area (TPSA) is 52.2 Å². The van der Waals surface area contributed by atoms with Crippen molar-refractivity contribution in [3.63, 3.8) is 0 Å². The Hall–Kier alpha value is -2.47. The number of nitrogens with one attached hydrogen (secondary N) is 1. The fraction of sp³-hybridized carbons (Fsp3) is 0.368. The van der Waals surface area contributed by atoms with Crippen LogP contribution in [0, 0.1) is 5.82 Å². The third kappa shape index (κ3) is 2.66. The maximum atomic E-state index is 14.0. The molecule has 0 atom stereocenters. The molecule has 1 aromatic heterocycles. The summed E-state index contributed by atoms with van der Waals surface area (Å²) in [7, 11) is 0. The standard InChI is InChI=1S/C19H21FN4O/c1-2-7-23-8-5-19(6-9-23)12-24(18(25)16-11-21-13-22-16)17-4-3-14(20)10-15(17)19/h2-4,10-11,13H,1,5-9,12H2,(H,21,22). The van der Waals surface area contributed by atoms with Crippen LogP contribution in [0.1, 0.15) is 28.9 Å². The number of hydrogen-bond acceptors (Lipinski definition) is 3. The summed E-state index contributed by atoms with van der Waals surface area (Å²) in [6, 6.07) is 4.76. The fourth-order valence-electron chi connectivity index (χ4n) is 4.11. The van der Waals surface area contributed by atoms with Gasteiger partial charge < -0.3 is 9.88 Å². The van der Waals surface area contributed by atoms with Crippen LogP contribution >= 0.6 is 0 Å². The zero-order valence-corrected chi connectivity index (χ0v) is 14.0. The number of anilines is 1. The quantitative estimate of drug-likeness (QED) is 0.874. The molecule has 2 aromatic rings. The first-order chi connectivity index (χ1) is 12.1. The van der Waals surface area contributed by atoms with Crippen LogP contribution in [-0.4, -0.2) is 47.0 Å². The fourth-order valence-corrected chi connectivity index (χ4v) is 4.11. The highest BCUT2D eigenvalue weighted by Gasteiger charge is 2.46. The van der Waals surface area contributed by atoms with E-state index in [1.165, 1.54) is 18.6 Å². The summed E-state index contributed by atoms with van der Waals surface area (Å²) < 4.78 is 14.0. The van der Waals surface area contributed by atoms with E-state index < -0.39 is 0 Å². The first-order valence-corrected chi connectivity index (χ1v) is 8.56. The molecule has 0 saturated carbocycles. The molecule has 0 radical (unpaired) electrons. The van der Waals surface area contributed by atoms with E-state index in [1.54, 1.807) is 17.0 Å². The SMILES string of the molecule is C=CCN1CCC2(CC1)CN(C(=O)c1cnc[nH]1)c1ccc(F)cc12.